The number of fused-ring (bicyclic) bond motifs is 1. The van der Waals surface area contributed by atoms with E-state index in [1.54, 1.807) is 42.2 Å². The molecule has 1 unspecified atom stereocenters. The summed E-state index contributed by atoms with van der Waals surface area (Å²) in [5.74, 6) is -1.31. The van der Waals surface area contributed by atoms with Gasteiger partial charge in [0.1, 0.15) is 5.75 Å². The van der Waals surface area contributed by atoms with Gasteiger partial charge in [0.25, 0.3) is 5.91 Å². The Morgan fingerprint density at radius 3 is 2.46 bits per heavy atom. The highest BCUT2D eigenvalue weighted by Crippen LogP contribution is 2.36. The van der Waals surface area contributed by atoms with Gasteiger partial charge in [-0.3, -0.25) is 4.79 Å². The van der Waals surface area contributed by atoms with E-state index in [1.165, 1.54) is 12.1 Å². The first kappa shape index (κ1) is 19.4. The van der Waals surface area contributed by atoms with Crippen LogP contribution in [0.3, 0.4) is 0 Å². The molecule has 2 aromatic rings. The molecule has 1 aliphatic heterocycles. The number of carbonyl (C=O) groups is 3. The van der Waals surface area contributed by atoms with Crippen LogP contribution in [0.4, 0.5) is 5.69 Å². The first-order valence-electron chi connectivity index (χ1n) is 9.02. The van der Waals surface area contributed by atoms with Crippen molar-refractivity contribution in [2.45, 2.75) is 32.9 Å². The maximum absolute atomic E-state index is 12.6. The maximum Gasteiger partial charge on any atom is 0.338 e. The fourth-order valence-electron chi connectivity index (χ4n) is 2.91. The first-order chi connectivity index (χ1) is 13.4. The minimum absolute atomic E-state index is 0.0928. The Labute approximate surface area is 162 Å². The lowest BCUT2D eigenvalue weighted by molar-refractivity contribution is -0.125. The van der Waals surface area contributed by atoms with Crippen molar-refractivity contribution in [2.24, 2.45) is 0 Å². The highest BCUT2D eigenvalue weighted by atomic mass is 16.5. The lowest BCUT2D eigenvalue weighted by atomic mass is 10.1. The molecule has 1 atom stereocenters. The molecule has 1 amide bonds. The number of benzene rings is 2. The summed E-state index contributed by atoms with van der Waals surface area (Å²) in [5, 5.41) is 9.16. The molecule has 7 nitrogen and oxygen atoms in total. The van der Waals surface area contributed by atoms with Crippen molar-refractivity contribution in [1.82, 2.24) is 0 Å². The van der Waals surface area contributed by atoms with E-state index in [1.807, 2.05) is 6.92 Å². The molecule has 28 heavy (non-hydrogen) atoms. The van der Waals surface area contributed by atoms with Gasteiger partial charge in [0.05, 0.1) is 30.0 Å². The van der Waals surface area contributed by atoms with Gasteiger partial charge in [-0.2, -0.15) is 0 Å². The minimum Gasteiger partial charge on any atom is -0.479 e. The molecule has 1 heterocycles. The molecular formula is C21H21NO6. The number of anilines is 1. The molecule has 0 radical (unpaired) electrons. The first-order valence-corrected chi connectivity index (χ1v) is 9.02. The van der Waals surface area contributed by atoms with E-state index in [0.29, 0.717) is 23.6 Å². The third kappa shape index (κ3) is 3.98. The van der Waals surface area contributed by atoms with Gasteiger partial charge in [0.2, 0.25) is 0 Å². The standard InChI is InChI=1S/C21H21NO6/c1-3-10-27-21(26)15-6-4-14(5-7-15)12-22-17-9-8-16(20(24)25)11-18(17)28-13(2)19(22)23/h4-9,11,13H,3,10,12H2,1-2H3,(H,24,25). The summed E-state index contributed by atoms with van der Waals surface area (Å²) in [6.07, 6.45) is 0.0317. The molecule has 3 rings (SSSR count). The smallest absolute Gasteiger partial charge is 0.338 e. The predicted octanol–water partition coefficient (Wildman–Crippen LogP) is 3.27. The van der Waals surface area contributed by atoms with Gasteiger partial charge in [-0.25, -0.2) is 9.59 Å². The van der Waals surface area contributed by atoms with E-state index in [0.717, 1.165) is 12.0 Å². The van der Waals surface area contributed by atoms with E-state index < -0.39 is 12.1 Å². The summed E-state index contributed by atoms with van der Waals surface area (Å²) in [7, 11) is 0. The van der Waals surface area contributed by atoms with Crippen LogP contribution < -0.4 is 9.64 Å². The number of carboxylic acid groups (broad SMARTS) is 1. The Morgan fingerprint density at radius 2 is 1.82 bits per heavy atom. The van der Waals surface area contributed by atoms with Gasteiger partial charge in [-0.05, 0) is 49.2 Å². The number of hydrogen-bond acceptors (Lipinski definition) is 5. The van der Waals surface area contributed by atoms with Crippen molar-refractivity contribution in [3.05, 3.63) is 59.2 Å². The van der Waals surface area contributed by atoms with Crippen LogP contribution in [0.1, 0.15) is 46.5 Å². The van der Waals surface area contributed by atoms with Gasteiger partial charge in [-0.1, -0.05) is 19.1 Å². The highest BCUT2D eigenvalue weighted by molar-refractivity contribution is 6.00. The third-order valence-corrected chi connectivity index (χ3v) is 4.38. The van der Waals surface area contributed by atoms with Crippen molar-refractivity contribution in [3.63, 3.8) is 0 Å². The number of carbonyl (C=O) groups excluding carboxylic acids is 2. The quantitative estimate of drug-likeness (QED) is 0.770. The van der Waals surface area contributed by atoms with Crippen molar-refractivity contribution in [2.75, 3.05) is 11.5 Å². The van der Waals surface area contributed by atoms with Crippen molar-refractivity contribution < 1.29 is 29.0 Å². The Morgan fingerprint density at radius 1 is 1.14 bits per heavy atom. The third-order valence-electron chi connectivity index (χ3n) is 4.38. The molecular weight excluding hydrogens is 362 g/mol. The van der Waals surface area contributed by atoms with Gasteiger partial charge in [0, 0.05) is 0 Å². The molecule has 2 aromatic carbocycles. The Hall–Kier alpha value is -3.35. The summed E-state index contributed by atoms with van der Waals surface area (Å²) in [5.41, 5.74) is 1.88. The molecule has 1 aliphatic rings. The summed E-state index contributed by atoms with van der Waals surface area (Å²) in [6, 6.07) is 11.3. The Balaban J connectivity index is 1.83. The monoisotopic (exact) mass is 383 g/mol. The second-order valence-electron chi connectivity index (χ2n) is 6.50. The molecule has 0 bridgehead atoms. The zero-order valence-corrected chi connectivity index (χ0v) is 15.7. The SMILES string of the molecule is CCCOC(=O)c1ccc(CN2C(=O)C(C)Oc3cc(C(=O)O)ccc32)cc1. The largest absolute Gasteiger partial charge is 0.479 e. The summed E-state index contributed by atoms with van der Waals surface area (Å²) in [6.45, 7) is 4.19. The van der Waals surface area contributed by atoms with Crippen LogP contribution in [0.25, 0.3) is 0 Å². The lowest BCUT2D eigenvalue weighted by Gasteiger charge is -2.33. The number of amides is 1. The van der Waals surface area contributed by atoms with Crippen LogP contribution in [0.2, 0.25) is 0 Å². The van der Waals surface area contributed by atoms with Gasteiger partial charge >= 0.3 is 11.9 Å². The van der Waals surface area contributed by atoms with E-state index in [-0.39, 0.29) is 24.0 Å². The minimum atomic E-state index is -1.06. The normalized spacial score (nSPS) is 15.6. The van der Waals surface area contributed by atoms with E-state index >= 15 is 0 Å². The van der Waals surface area contributed by atoms with Crippen molar-refractivity contribution in [1.29, 1.82) is 0 Å². The van der Waals surface area contributed by atoms with Gasteiger partial charge < -0.3 is 19.5 Å². The van der Waals surface area contributed by atoms with Crippen molar-refractivity contribution >= 4 is 23.5 Å². The topological polar surface area (TPSA) is 93.1 Å². The van der Waals surface area contributed by atoms with Crippen LogP contribution in [-0.4, -0.2) is 35.7 Å². The molecule has 146 valence electrons. The number of esters is 1. The summed E-state index contributed by atoms with van der Waals surface area (Å²) >= 11 is 0. The lowest BCUT2D eigenvalue weighted by Crippen LogP contribution is -2.44. The van der Waals surface area contributed by atoms with Gasteiger partial charge in [-0.15, -0.1) is 0 Å². The molecule has 0 spiro atoms. The number of hydrogen-bond donors (Lipinski definition) is 1. The highest BCUT2D eigenvalue weighted by Gasteiger charge is 2.32. The van der Waals surface area contributed by atoms with E-state index in [9.17, 15) is 14.4 Å². The number of nitrogens with zero attached hydrogens (tertiary/aromatic N) is 1. The molecule has 0 fully saturated rings. The molecule has 0 saturated carbocycles. The van der Waals surface area contributed by atoms with Crippen molar-refractivity contribution in [3.8, 4) is 5.75 Å². The summed E-state index contributed by atoms with van der Waals surface area (Å²) in [4.78, 5) is 37.3. The number of rotatable bonds is 6. The van der Waals surface area contributed by atoms with Crippen LogP contribution in [0.15, 0.2) is 42.5 Å². The van der Waals surface area contributed by atoms with E-state index in [2.05, 4.69) is 0 Å². The average molecular weight is 383 g/mol. The fraction of sp³-hybridized carbons (Fsp3) is 0.286. The number of carboxylic acids is 1. The molecule has 0 aromatic heterocycles. The van der Waals surface area contributed by atoms with Crippen LogP contribution in [-0.2, 0) is 16.1 Å². The Kier molecular flexibility index (Phi) is 5.63. The molecule has 1 N–H and O–H groups in total. The second kappa shape index (κ2) is 8.12. The molecule has 7 heteroatoms. The van der Waals surface area contributed by atoms with E-state index in [4.69, 9.17) is 14.6 Å². The number of ether oxygens (including phenoxy) is 2. The second-order valence-corrected chi connectivity index (χ2v) is 6.50. The average Bonchev–Trinajstić information content (AvgIpc) is 2.69. The van der Waals surface area contributed by atoms with Gasteiger partial charge in [0.15, 0.2) is 6.10 Å². The maximum atomic E-state index is 12.6. The fourth-order valence-corrected chi connectivity index (χ4v) is 2.91. The predicted molar refractivity (Wildman–Crippen MR) is 102 cm³/mol. The Bertz CT molecular complexity index is 906. The summed E-state index contributed by atoms with van der Waals surface area (Å²) < 4.78 is 10.7. The van der Waals surface area contributed by atoms with Crippen LogP contribution in [0.5, 0.6) is 5.75 Å². The van der Waals surface area contributed by atoms with Crippen LogP contribution >= 0.6 is 0 Å². The zero-order chi connectivity index (χ0) is 20.3. The number of aromatic carboxylic acids is 1. The van der Waals surface area contributed by atoms with Crippen LogP contribution in [0, 0.1) is 0 Å². The molecule has 0 aliphatic carbocycles. The zero-order valence-electron chi connectivity index (χ0n) is 15.7. The molecule has 0 saturated heterocycles.